The number of aromatic amines is 1. The number of amides is 1. The molecule has 4 aromatic carbocycles. The fourth-order valence-corrected chi connectivity index (χ4v) is 5.69. The van der Waals surface area contributed by atoms with Crippen molar-refractivity contribution in [3.05, 3.63) is 142 Å². The van der Waals surface area contributed by atoms with Crippen LogP contribution >= 0.6 is 0 Å². The van der Waals surface area contributed by atoms with Crippen LogP contribution in [-0.4, -0.2) is 20.4 Å². The summed E-state index contributed by atoms with van der Waals surface area (Å²) in [5, 5.41) is 4.73. The average molecular weight is 541 g/mol. The maximum atomic E-state index is 13.9. The Morgan fingerprint density at radius 3 is 2.32 bits per heavy atom. The number of hydrogen-bond acceptors (Lipinski definition) is 4. The number of carbonyl (C=O) groups is 1. The Bertz CT molecular complexity index is 1930. The van der Waals surface area contributed by atoms with Crippen molar-refractivity contribution >= 4 is 27.7 Å². The van der Waals surface area contributed by atoms with Gasteiger partial charge in [-0.25, -0.2) is 4.98 Å². The van der Waals surface area contributed by atoms with E-state index in [-0.39, 0.29) is 11.5 Å². The van der Waals surface area contributed by atoms with Crippen LogP contribution in [0.3, 0.4) is 0 Å². The molecule has 0 spiro atoms. The third-order valence-electron chi connectivity index (χ3n) is 7.78. The summed E-state index contributed by atoms with van der Waals surface area (Å²) in [5.74, 6) is 1.15. The second-order valence-electron chi connectivity index (χ2n) is 10.4. The topological polar surface area (TPSA) is 89.0 Å². The number of fused-ring (bicyclic) bond motifs is 3. The maximum absolute atomic E-state index is 13.9. The number of nitrogens with one attached hydrogen (secondary N) is 2. The van der Waals surface area contributed by atoms with Gasteiger partial charge >= 0.3 is 0 Å². The summed E-state index contributed by atoms with van der Waals surface area (Å²) < 4.78 is 7.55. The molecule has 1 amide bonds. The van der Waals surface area contributed by atoms with Crippen molar-refractivity contribution in [2.24, 2.45) is 0 Å². The molecule has 2 N–H and O–H groups in total. The second kappa shape index (κ2) is 10.4. The highest BCUT2D eigenvalue weighted by Gasteiger charge is 2.36. The zero-order valence-electron chi connectivity index (χ0n) is 22.3. The first-order chi connectivity index (χ1) is 20.1. The molecule has 0 saturated carbocycles. The molecular weight excluding hydrogens is 512 g/mol. The van der Waals surface area contributed by atoms with Gasteiger partial charge in [-0.3, -0.25) is 14.2 Å². The number of aromatic nitrogens is 3. The number of hydrogen-bond donors (Lipinski definition) is 2. The van der Waals surface area contributed by atoms with Gasteiger partial charge in [0.25, 0.3) is 5.56 Å². The molecule has 202 valence electrons. The highest BCUT2D eigenvalue weighted by atomic mass is 16.5. The van der Waals surface area contributed by atoms with E-state index >= 15 is 0 Å². The zero-order chi connectivity index (χ0) is 27.8. The monoisotopic (exact) mass is 540 g/mol. The van der Waals surface area contributed by atoms with Gasteiger partial charge in [0.1, 0.15) is 24.2 Å². The Labute approximate surface area is 236 Å². The third-order valence-corrected chi connectivity index (χ3v) is 7.78. The van der Waals surface area contributed by atoms with Crippen molar-refractivity contribution in [1.29, 1.82) is 0 Å². The average Bonchev–Trinajstić information content (AvgIpc) is 3.42. The van der Waals surface area contributed by atoms with Crippen molar-refractivity contribution in [1.82, 2.24) is 19.9 Å². The number of rotatable bonds is 7. The molecule has 0 saturated heterocycles. The van der Waals surface area contributed by atoms with Crippen molar-refractivity contribution in [2.45, 2.75) is 31.5 Å². The Hall–Kier alpha value is -5.17. The summed E-state index contributed by atoms with van der Waals surface area (Å²) in [7, 11) is 0. The van der Waals surface area contributed by atoms with Gasteiger partial charge in [-0.15, -0.1) is 0 Å². The summed E-state index contributed by atoms with van der Waals surface area (Å²) in [6.07, 6.45) is 2.79. The lowest BCUT2D eigenvalue weighted by molar-refractivity contribution is -0.126. The van der Waals surface area contributed by atoms with E-state index in [0.717, 1.165) is 33.3 Å². The Morgan fingerprint density at radius 1 is 0.756 bits per heavy atom. The zero-order valence-corrected chi connectivity index (χ0v) is 22.3. The molecule has 6 aromatic rings. The minimum absolute atomic E-state index is 0.185. The molecule has 2 aromatic heterocycles. The molecule has 0 unspecified atom stereocenters. The predicted octanol–water partition coefficient (Wildman–Crippen LogP) is 5.65. The number of carbonyl (C=O) groups excluding carboxylic acids is 1. The van der Waals surface area contributed by atoms with Gasteiger partial charge in [0.2, 0.25) is 5.91 Å². The van der Waals surface area contributed by atoms with Gasteiger partial charge in [-0.1, -0.05) is 72.8 Å². The number of benzene rings is 4. The molecule has 0 fully saturated rings. The first-order valence-electron chi connectivity index (χ1n) is 13.8. The minimum Gasteiger partial charge on any atom is -0.489 e. The summed E-state index contributed by atoms with van der Waals surface area (Å²) in [4.78, 5) is 35.7. The number of nitrogens with zero attached hydrogens (tertiary/aromatic N) is 2. The normalized spacial score (nSPS) is 16.4. The van der Waals surface area contributed by atoms with E-state index in [1.54, 1.807) is 10.6 Å². The third kappa shape index (κ3) is 4.76. The Kier molecular flexibility index (Phi) is 6.32. The van der Waals surface area contributed by atoms with Crippen LogP contribution in [0.2, 0.25) is 0 Å². The van der Waals surface area contributed by atoms with Crippen LogP contribution in [0.5, 0.6) is 5.75 Å². The van der Waals surface area contributed by atoms with Gasteiger partial charge in [0.15, 0.2) is 0 Å². The second-order valence-corrected chi connectivity index (χ2v) is 10.4. The van der Waals surface area contributed by atoms with E-state index in [9.17, 15) is 9.59 Å². The summed E-state index contributed by atoms with van der Waals surface area (Å²) in [5.41, 5.74) is 4.52. The number of H-pyrrole nitrogens is 1. The van der Waals surface area contributed by atoms with Gasteiger partial charge < -0.3 is 15.0 Å². The number of para-hydroxylation sites is 2. The first kappa shape index (κ1) is 24.8. The fourth-order valence-electron chi connectivity index (χ4n) is 5.69. The van der Waals surface area contributed by atoms with Gasteiger partial charge in [-0.2, -0.15) is 0 Å². The van der Waals surface area contributed by atoms with E-state index in [1.807, 2.05) is 103 Å². The quantitative estimate of drug-likeness (QED) is 0.274. The van der Waals surface area contributed by atoms with Crippen LogP contribution in [-0.2, 0) is 24.2 Å². The van der Waals surface area contributed by atoms with Gasteiger partial charge in [0, 0.05) is 23.5 Å². The predicted molar refractivity (Wildman–Crippen MR) is 159 cm³/mol. The molecule has 7 rings (SSSR count). The summed E-state index contributed by atoms with van der Waals surface area (Å²) >= 11 is 0. The first-order valence-corrected chi connectivity index (χ1v) is 13.8. The van der Waals surface area contributed by atoms with Crippen LogP contribution in [0.15, 0.2) is 114 Å². The van der Waals surface area contributed by atoms with E-state index < -0.39 is 12.1 Å². The van der Waals surface area contributed by atoms with Crippen molar-refractivity contribution < 1.29 is 9.53 Å². The molecule has 41 heavy (non-hydrogen) atoms. The fraction of sp³-hybridized carbons (Fsp3) is 0.147. The molecule has 2 atom stereocenters. The standard InChI is InChI=1S/C34H28N4O3/c39-33-31(19-24-20-35-28-12-6-4-10-26(24)28)38-32(36-29-13-7-5-11-27(29)34(38)40)30(37-33)18-22-14-16-25(17-15-22)41-21-23-8-2-1-3-9-23/h1-17,20,30-31,35H,18-19,21H2,(H,37,39)/t30-,31+/m1/s1. The Morgan fingerprint density at radius 2 is 1.49 bits per heavy atom. The van der Waals surface area contributed by atoms with Crippen LogP contribution in [0, 0.1) is 0 Å². The van der Waals surface area contributed by atoms with Crippen LogP contribution in [0.1, 0.15) is 34.6 Å². The van der Waals surface area contributed by atoms with Gasteiger partial charge in [0.05, 0.1) is 16.9 Å². The molecular formula is C34H28N4O3. The van der Waals surface area contributed by atoms with Gasteiger partial charge in [-0.05, 0) is 53.4 Å². The SMILES string of the molecule is O=C1N[C@H](Cc2ccc(OCc3ccccc3)cc2)c2nc3ccccc3c(=O)n2[C@H]1Cc1c[nH]c2ccccc12. The van der Waals surface area contributed by atoms with Crippen molar-refractivity contribution in [3.8, 4) is 5.75 Å². The molecule has 1 aliphatic rings. The van der Waals surface area contributed by atoms with E-state index in [4.69, 9.17) is 9.72 Å². The van der Waals surface area contributed by atoms with Crippen molar-refractivity contribution in [2.75, 3.05) is 0 Å². The van der Waals surface area contributed by atoms with Crippen LogP contribution < -0.4 is 15.6 Å². The van der Waals surface area contributed by atoms with E-state index in [0.29, 0.717) is 36.2 Å². The van der Waals surface area contributed by atoms with E-state index in [1.165, 1.54) is 0 Å². The largest absolute Gasteiger partial charge is 0.489 e. The maximum Gasteiger partial charge on any atom is 0.262 e. The summed E-state index contributed by atoms with van der Waals surface area (Å²) in [6, 6.07) is 32.0. The smallest absolute Gasteiger partial charge is 0.262 e. The minimum atomic E-state index is -0.709. The molecule has 0 bridgehead atoms. The van der Waals surface area contributed by atoms with Crippen LogP contribution in [0.4, 0.5) is 0 Å². The molecule has 0 radical (unpaired) electrons. The summed E-state index contributed by atoms with van der Waals surface area (Å²) in [6.45, 7) is 0.490. The van der Waals surface area contributed by atoms with E-state index in [2.05, 4.69) is 10.3 Å². The molecule has 0 aliphatic carbocycles. The Balaban J connectivity index is 1.20. The lowest BCUT2D eigenvalue weighted by Crippen LogP contribution is -2.49. The van der Waals surface area contributed by atoms with Crippen molar-refractivity contribution in [3.63, 3.8) is 0 Å². The molecule has 7 nitrogen and oxygen atoms in total. The lowest BCUT2D eigenvalue weighted by Gasteiger charge is -2.33. The molecule has 3 heterocycles. The highest BCUT2D eigenvalue weighted by Crippen LogP contribution is 2.30. The van der Waals surface area contributed by atoms with Crippen LogP contribution in [0.25, 0.3) is 21.8 Å². The molecule has 1 aliphatic heterocycles. The lowest BCUT2D eigenvalue weighted by atomic mass is 9.97. The number of ether oxygens (including phenoxy) is 1. The molecule has 7 heteroatoms. The highest BCUT2D eigenvalue weighted by molar-refractivity contribution is 5.87.